The molecule has 1 heterocycles. The Balaban J connectivity index is 2.67. The molecule has 1 rings (SSSR count). The van der Waals surface area contributed by atoms with Crippen LogP contribution in [0.25, 0.3) is 0 Å². The monoisotopic (exact) mass is 237 g/mol. The highest BCUT2D eigenvalue weighted by atomic mass is 16.4. The lowest BCUT2D eigenvalue weighted by atomic mass is 10.1. The Labute approximate surface area is 98.9 Å². The van der Waals surface area contributed by atoms with Gasteiger partial charge in [-0.2, -0.15) is 5.10 Å². The second-order valence-corrected chi connectivity index (χ2v) is 3.57. The van der Waals surface area contributed by atoms with Crippen molar-refractivity contribution >= 4 is 11.9 Å². The summed E-state index contributed by atoms with van der Waals surface area (Å²) >= 11 is 0. The molecule has 0 saturated heterocycles. The van der Waals surface area contributed by atoms with Gasteiger partial charge in [-0.05, 0) is 18.9 Å². The topological polar surface area (TPSA) is 84.2 Å². The highest BCUT2D eigenvalue weighted by Crippen LogP contribution is 2.02. The fourth-order valence-corrected chi connectivity index (χ4v) is 1.37. The van der Waals surface area contributed by atoms with E-state index >= 15 is 0 Å². The molecule has 0 bridgehead atoms. The summed E-state index contributed by atoms with van der Waals surface area (Å²) < 4.78 is 1.39. The second kappa shape index (κ2) is 5.83. The zero-order valence-corrected chi connectivity index (χ0v) is 9.59. The van der Waals surface area contributed by atoms with E-state index in [2.05, 4.69) is 17.0 Å². The smallest absolute Gasteiger partial charge is 0.326 e. The number of rotatable bonds is 6. The maximum Gasteiger partial charge on any atom is 0.326 e. The Kier molecular flexibility index (Phi) is 4.45. The van der Waals surface area contributed by atoms with Gasteiger partial charge < -0.3 is 10.4 Å². The van der Waals surface area contributed by atoms with Crippen LogP contribution in [-0.4, -0.2) is 32.8 Å². The molecule has 0 radical (unpaired) electrons. The zero-order chi connectivity index (χ0) is 12.8. The molecule has 1 unspecified atom stereocenters. The van der Waals surface area contributed by atoms with Crippen molar-refractivity contribution in [1.29, 1.82) is 0 Å². The molecule has 0 aliphatic carbocycles. The molecular weight excluding hydrogens is 222 g/mol. The number of carboxylic acids is 1. The molecule has 2 N–H and O–H groups in total. The van der Waals surface area contributed by atoms with Gasteiger partial charge >= 0.3 is 5.97 Å². The van der Waals surface area contributed by atoms with Gasteiger partial charge in [0.15, 0.2) is 0 Å². The lowest BCUT2D eigenvalue weighted by Crippen LogP contribution is -2.41. The summed E-state index contributed by atoms with van der Waals surface area (Å²) in [6, 6.07) is 0.622. The molecule has 1 aromatic heterocycles. The molecule has 0 saturated carbocycles. The predicted molar refractivity (Wildman–Crippen MR) is 61.5 cm³/mol. The quantitative estimate of drug-likeness (QED) is 0.708. The fraction of sp³-hybridized carbons (Fsp3) is 0.364. The van der Waals surface area contributed by atoms with Gasteiger partial charge in [-0.15, -0.1) is 6.58 Å². The Morgan fingerprint density at radius 1 is 1.71 bits per heavy atom. The summed E-state index contributed by atoms with van der Waals surface area (Å²) in [7, 11) is 1.62. The molecule has 6 heteroatoms. The van der Waals surface area contributed by atoms with Crippen LogP contribution in [0.5, 0.6) is 0 Å². The van der Waals surface area contributed by atoms with E-state index in [9.17, 15) is 9.59 Å². The van der Waals surface area contributed by atoms with E-state index in [1.165, 1.54) is 16.9 Å². The summed E-state index contributed by atoms with van der Waals surface area (Å²) in [4.78, 5) is 22.7. The van der Waals surface area contributed by atoms with Crippen molar-refractivity contribution in [3.05, 3.63) is 30.6 Å². The van der Waals surface area contributed by atoms with Crippen molar-refractivity contribution in [2.24, 2.45) is 7.05 Å². The molecule has 1 atom stereocenters. The third-order valence-corrected chi connectivity index (χ3v) is 2.32. The van der Waals surface area contributed by atoms with Crippen LogP contribution in [0.4, 0.5) is 0 Å². The van der Waals surface area contributed by atoms with Gasteiger partial charge in [0.2, 0.25) is 0 Å². The van der Waals surface area contributed by atoms with E-state index < -0.39 is 17.9 Å². The van der Waals surface area contributed by atoms with Crippen LogP contribution in [-0.2, 0) is 11.8 Å². The van der Waals surface area contributed by atoms with Gasteiger partial charge in [0.1, 0.15) is 11.7 Å². The van der Waals surface area contributed by atoms with Crippen LogP contribution in [0.15, 0.2) is 24.9 Å². The van der Waals surface area contributed by atoms with Crippen LogP contribution >= 0.6 is 0 Å². The van der Waals surface area contributed by atoms with E-state index in [1.807, 2.05) is 0 Å². The average molecular weight is 237 g/mol. The maximum absolute atomic E-state index is 11.7. The van der Waals surface area contributed by atoms with Crippen molar-refractivity contribution in [2.75, 3.05) is 0 Å². The maximum atomic E-state index is 11.7. The van der Waals surface area contributed by atoms with Crippen LogP contribution in [0, 0.1) is 0 Å². The Bertz CT molecular complexity index is 425. The summed E-state index contributed by atoms with van der Waals surface area (Å²) in [6.45, 7) is 3.52. The number of nitrogens with one attached hydrogen (secondary N) is 1. The molecular formula is C11H15N3O3. The molecule has 1 aromatic rings. The van der Waals surface area contributed by atoms with Crippen molar-refractivity contribution in [1.82, 2.24) is 15.1 Å². The standard InChI is InChI=1S/C11H15N3O3/c1-3-4-5-8(11(16)17)13-10(15)9-6-7-12-14(9)2/h3,6-8H,1,4-5H2,2H3,(H,13,15)(H,16,17). The van der Waals surface area contributed by atoms with Crippen LogP contribution in [0.1, 0.15) is 23.3 Å². The first-order chi connectivity index (χ1) is 8.06. The minimum atomic E-state index is -1.05. The summed E-state index contributed by atoms with van der Waals surface area (Å²) in [6.07, 6.45) is 3.95. The predicted octanol–water partition coefficient (Wildman–Crippen LogP) is 0.569. The SMILES string of the molecule is C=CCCC(NC(=O)c1ccnn1C)C(=O)O. The number of carbonyl (C=O) groups excluding carboxylic acids is 1. The number of carbonyl (C=O) groups is 2. The van der Waals surface area contributed by atoms with Crippen LogP contribution in [0.2, 0.25) is 0 Å². The molecule has 0 aromatic carbocycles. The largest absolute Gasteiger partial charge is 0.480 e. The van der Waals surface area contributed by atoms with E-state index in [0.29, 0.717) is 18.5 Å². The average Bonchev–Trinajstić information content (AvgIpc) is 2.70. The second-order valence-electron chi connectivity index (χ2n) is 3.57. The minimum absolute atomic E-state index is 0.322. The van der Waals surface area contributed by atoms with E-state index in [0.717, 1.165) is 0 Å². The third kappa shape index (κ3) is 3.44. The van der Waals surface area contributed by atoms with Crippen molar-refractivity contribution < 1.29 is 14.7 Å². The van der Waals surface area contributed by atoms with E-state index in [4.69, 9.17) is 5.11 Å². The summed E-state index contributed by atoms with van der Waals surface area (Å²) in [5.74, 6) is -1.50. The Morgan fingerprint density at radius 2 is 2.41 bits per heavy atom. The van der Waals surface area contributed by atoms with E-state index in [1.54, 1.807) is 13.1 Å². The van der Waals surface area contributed by atoms with Gasteiger partial charge in [-0.1, -0.05) is 6.08 Å². The van der Waals surface area contributed by atoms with Gasteiger partial charge in [0.25, 0.3) is 5.91 Å². The molecule has 92 valence electrons. The first-order valence-corrected chi connectivity index (χ1v) is 5.18. The number of aryl methyl sites for hydroxylation is 1. The fourth-order valence-electron chi connectivity index (χ4n) is 1.37. The molecule has 0 aliphatic heterocycles. The minimum Gasteiger partial charge on any atom is -0.480 e. The Morgan fingerprint density at radius 3 is 2.88 bits per heavy atom. The molecule has 0 aliphatic rings. The number of aliphatic carboxylic acids is 1. The first kappa shape index (κ1) is 13.0. The van der Waals surface area contributed by atoms with Crippen LogP contribution < -0.4 is 5.32 Å². The summed E-state index contributed by atoms with van der Waals surface area (Å²) in [5, 5.41) is 15.2. The number of hydrogen-bond donors (Lipinski definition) is 2. The molecule has 0 spiro atoms. The lowest BCUT2D eigenvalue weighted by molar-refractivity contribution is -0.139. The molecule has 17 heavy (non-hydrogen) atoms. The van der Waals surface area contributed by atoms with Gasteiger partial charge in [0, 0.05) is 13.2 Å². The van der Waals surface area contributed by atoms with Gasteiger partial charge in [-0.25, -0.2) is 4.79 Å². The van der Waals surface area contributed by atoms with Crippen molar-refractivity contribution in [3.63, 3.8) is 0 Å². The molecule has 6 nitrogen and oxygen atoms in total. The van der Waals surface area contributed by atoms with Crippen molar-refractivity contribution in [3.8, 4) is 0 Å². The van der Waals surface area contributed by atoms with Gasteiger partial charge in [0.05, 0.1) is 0 Å². The number of amides is 1. The number of aromatic nitrogens is 2. The highest BCUT2D eigenvalue weighted by Gasteiger charge is 2.20. The number of hydrogen-bond acceptors (Lipinski definition) is 3. The van der Waals surface area contributed by atoms with Crippen molar-refractivity contribution in [2.45, 2.75) is 18.9 Å². The van der Waals surface area contributed by atoms with Crippen LogP contribution in [0.3, 0.4) is 0 Å². The summed E-state index contributed by atoms with van der Waals surface area (Å²) in [5.41, 5.74) is 0.329. The lowest BCUT2D eigenvalue weighted by Gasteiger charge is -2.13. The number of carboxylic acid groups (broad SMARTS) is 1. The molecule has 1 amide bonds. The highest BCUT2D eigenvalue weighted by molar-refractivity contribution is 5.95. The third-order valence-electron chi connectivity index (χ3n) is 2.32. The number of allylic oxidation sites excluding steroid dienone is 1. The number of nitrogens with zero attached hydrogens (tertiary/aromatic N) is 2. The molecule has 0 fully saturated rings. The normalized spacial score (nSPS) is 11.8. The van der Waals surface area contributed by atoms with Gasteiger partial charge in [-0.3, -0.25) is 9.48 Å². The van der Waals surface area contributed by atoms with E-state index in [-0.39, 0.29) is 0 Å². The zero-order valence-electron chi connectivity index (χ0n) is 9.59. The Hall–Kier alpha value is -2.11. The first-order valence-electron chi connectivity index (χ1n) is 5.18.